The number of hydrogen-bond acceptors (Lipinski definition) is 3. The number of para-hydroxylation sites is 2. The van der Waals surface area contributed by atoms with Crippen molar-refractivity contribution in [3.8, 4) is 0 Å². The maximum Gasteiger partial charge on any atom is 0.258 e. The Morgan fingerprint density at radius 3 is 2.43 bits per heavy atom. The Hall–Kier alpha value is -3.44. The Morgan fingerprint density at radius 2 is 1.60 bits per heavy atom. The third-order valence-electron chi connectivity index (χ3n) is 5.83. The summed E-state index contributed by atoms with van der Waals surface area (Å²) in [6, 6.07) is 23.8. The number of nitrogens with zero attached hydrogens (tertiary/aromatic N) is 2. The Labute approximate surface area is 175 Å². The minimum Gasteiger partial charge on any atom is -0.323 e. The van der Waals surface area contributed by atoms with Gasteiger partial charge < -0.3 is 5.32 Å². The normalized spacial score (nSPS) is 15.9. The van der Waals surface area contributed by atoms with Crippen LogP contribution in [0.2, 0.25) is 0 Å². The summed E-state index contributed by atoms with van der Waals surface area (Å²) in [5.74, 6) is -0.334. The number of anilines is 2. The van der Waals surface area contributed by atoms with Crippen LogP contribution < -0.4 is 10.2 Å². The van der Waals surface area contributed by atoms with E-state index in [1.54, 1.807) is 4.90 Å². The Bertz CT molecular complexity index is 1110. The van der Waals surface area contributed by atoms with E-state index in [9.17, 15) is 9.59 Å². The zero-order valence-corrected chi connectivity index (χ0v) is 16.7. The molecule has 0 saturated carbocycles. The second kappa shape index (κ2) is 7.76. The molecule has 5 nitrogen and oxygen atoms in total. The molecule has 0 spiro atoms. The summed E-state index contributed by atoms with van der Waals surface area (Å²) in [6.45, 7) is 2.89. The maximum atomic E-state index is 13.1. The molecule has 1 N–H and O–H groups in total. The molecule has 2 amide bonds. The van der Waals surface area contributed by atoms with E-state index in [4.69, 9.17) is 0 Å². The minimum absolute atomic E-state index is 0.0325. The van der Waals surface area contributed by atoms with Crippen LogP contribution >= 0.6 is 0 Å². The molecule has 0 bridgehead atoms. The van der Waals surface area contributed by atoms with Gasteiger partial charge in [0.05, 0.1) is 11.4 Å². The van der Waals surface area contributed by atoms with Gasteiger partial charge in [-0.3, -0.25) is 19.4 Å². The fraction of sp³-hybridized carbons (Fsp3) is 0.200. The molecule has 0 radical (unpaired) electrons. The smallest absolute Gasteiger partial charge is 0.258 e. The second-order valence-electron chi connectivity index (χ2n) is 7.88. The van der Waals surface area contributed by atoms with Crippen LogP contribution in [0.25, 0.3) is 0 Å². The van der Waals surface area contributed by atoms with Gasteiger partial charge >= 0.3 is 0 Å². The van der Waals surface area contributed by atoms with E-state index >= 15 is 0 Å². The topological polar surface area (TPSA) is 52.7 Å². The molecule has 2 aliphatic heterocycles. The van der Waals surface area contributed by atoms with Crippen molar-refractivity contribution in [1.82, 2.24) is 4.90 Å². The third kappa shape index (κ3) is 3.60. The Morgan fingerprint density at radius 1 is 0.867 bits per heavy atom. The van der Waals surface area contributed by atoms with Crippen LogP contribution in [-0.4, -0.2) is 29.8 Å². The number of rotatable bonds is 3. The summed E-state index contributed by atoms with van der Waals surface area (Å²) in [5, 5.41) is 2.82. The standard InChI is InChI=1S/C25H23N3O2/c29-24-17-28(23-8-4-3-7-22(23)26-24)25(30)20-11-9-18(10-12-20)15-27-14-13-19-5-1-2-6-21(19)16-27/h1-12H,13-17H2,(H,26,29). The molecule has 0 aromatic heterocycles. The Kier molecular flexibility index (Phi) is 4.81. The third-order valence-corrected chi connectivity index (χ3v) is 5.83. The maximum absolute atomic E-state index is 13.1. The zero-order valence-electron chi connectivity index (χ0n) is 16.7. The lowest BCUT2D eigenvalue weighted by molar-refractivity contribution is -0.115. The summed E-state index contributed by atoms with van der Waals surface area (Å²) in [5.41, 5.74) is 6.02. The summed E-state index contributed by atoms with van der Waals surface area (Å²) in [4.78, 5) is 29.1. The number of fused-ring (bicyclic) bond motifs is 2. The van der Waals surface area contributed by atoms with Crippen LogP contribution in [0.15, 0.2) is 72.8 Å². The second-order valence-corrected chi connectivity index (χ2v) is 7.88. The van der Waals surface area contributed by atoms with Crippen LogP contribution in [0, 0.1) is 0 Å². The van der Waals surface area contributed by atoms with E-state index in [1.165, 1.54) is 16.7 Å². The van der Waals surface area contributed by atoms with Crippen molar-refractivity contribution in [2.24, 2.45) is 0 Å². The van der Waals surface area contributed by atoms with Crippen molar-refractivity contribution in [2.45, 2.75) is 19.5 Å². The van der Waals surface area contributed by atoms with Gasteiger partial charge in [-0.2, -0.15) is 0 Å². The highest BCUT2D eigenvalue weighted by Gasteiger charge is 2.27. The lowest BCUT2D eigenvalue weighted by Gasteiger charge is -2.29. The van der Waals surface area contributed by atoms with Crippen molar-refractivity contribution in [2.75, 3.05) is 23.3 Å². The van der Waals surface area contributed by atoms with Gasteiger partial charge in [0.15, 0.2) is 0 Å². The van der Waals surface area contributed by atoms with Crippen molar-refractivity contribution in [1.29, 1.82) is 0 Å². The quantitative estimate of drug-likeness (QED) is 0.731. The molecule has 0 aliphatic carbocycles. The molecule has 0 fully saturated rings. The first-order valence-electron chi connectivity index (χ1n) is 10.3. The fourth-order valence-electron chi connectivity index (χ4n) is 4.27. The molecule has 5 heteroatoms. The summed E-state index contributed by atoms with van der Waals surface area (Å²) in [6.07, 6.45) is 1.07. The molecule has 0 atom stereocenters. The fourth-order valence-corrected chi connectivity index (χ4v) is 4.27. The van der Waals surface area contributed by atoms with Gasteiger partial charge in [-0.25, -0.2) is 0 Å². The number of carbonyl (C=O) groups is 2. The van der Waals surface area contributed by atoms with Crippen molar-refractivity contribution >= 4 is 23.2 Å². The highest BCUT2D eigenvalue weighted by atomic mass is 16.2. The first-order valence-corrected chi connectivity index (χ1v) is 10.3. The number of hydrogen-bond donors (Lipinski definition) is 1. The van der Waals surface area contributed by atoms with E-state index in [0.717, 1.165) is 31.7 Å². The van der Waals surface area contributed by atoms with Gasteiger partial charge in [0, 0.05) is 25.2 Å². The SMILES string of the molecule is O=C1CN(C(=O)c2ccc(CN3CCc4ccccc4C3)cc2)c2ccccc2N1. The first kappa shape index (κ1) is 18.6. The lowest BCUT2D eigenvalue weighted by atomic mass is 9.99. The number of carbonyl (C=O) groups excluding carboxylic acids is 2. The molecule has 3 aromatic carbocycles. The van der Waals surface area contributed by atoms with E-state index in [1.807, 2.05) is 48.5 Å². The number of amides is 2. The van der Waals surface area contributed by atoms with E-state index in [2.05, 4.69) is 34.5 Å². The van der Waals surface area contributed by atoms with Gasteiger partial charge in [-0.15, -0.1) is 0 Å². The van der Waals surface area contributed by atoms with Crippen LogP contribution in [-0.2, 0) is 24.3 Å². The largest absolute Gasteiger partial charge is 0.323 e. The van der Waals surface area contributed by atoms with Gasteiger partial charge in [0.1, 0.15) is 6.54 Å². The highest BCUT2D eigenvalue weighted by molar-refractivity contribution is 6.15. The summed E-state index contributed by atoms with van der Waals surface area (Å²) in [7, 11) is 0. The van der Waals surface area contributed by atoms with Crippen LogP contribution in [0.5, 0.6) is 0 Å². The molecule has 3 aromatic rings. The van der Waals surface area contributed by atoms with Crippen molar-refractivity contribution in [3.63, 3.8) is 0 Å². The van der Waals surface area contributed by atoms with E-state index in [-0.39, 0.29) is 18.4 Å². The van der Waals surface area contributed by atoms with Crippen LogP contribution in [0.1, 0.15) is 27.0 Å². The average Bonchev–Trinajstić information content (AvgIpc) is 2.78. The monoisotopic (exact) mass is 397 g/mol. The number of benzene rings is 3. The predicted molar refractivity (Wildman–Crippen MR) is 117 cm³/mol. The van der Waals surface area contributed by atoms with Crippen LogP contribution in [0.3, 0.4) is 0 Å². The van der Waals surface area contributed by atoms with Crippen molar-refractivity contribution in [3.05, 3.63) is 95.1 Å². The zero-order chi connectivity index (χ0) is 20.5. The summed E-state index contributed by atoms with van der Waals surface area (Å²) >= 11 is 0. The molecule has 150 valence electrons. The molecule has 2 aliphatic rings. The molecular formula is C25H23N3O2. The molecule has 5 rings (SSSR count). The molecule has 2 heterocycles. The molecule has 0 unspecified atom stereocenters. The van der Waals surface area contributed by atoms with Crippen LogP contribution in [0.4, 0.5) is 11.4 Å². The van der Waals surface area contributed by atoms with Crippen molar-refractivity contribution < 1.29 is 9.59 Å². The first-order chi connectivity index (χ1) is 14.7. The van der Waals surface area contributed by atoms with Gasteiger partial charge in [-0.1, -0.05) is 48.5 Å². The molecule has 30 heavy (non-hydrogen) atoms. The Balaban J connectivity index is 1.30. The van der Waals surface area contributed by atoms with Gasteiger partial charge in [-0.05, 0) is 47.4 Å². The average molecular weight is 397 g/mol. The molecular weight excluding hydrogens is 374 g/mol. The van der Waals surface area contributed by atoms with Gasteiger partial charge in [0.2, 0.25) is 5.91 Å². The summed E-state index contributed by atoms with van der Waals surface area (Å²) < 4.78 is 0. The molecule has 0 saturated heterocycles. The lowest BCUT2D eigenvalue weighted by Crippen LogP contribution is -2.42. The number of nitrogens with one attached hydrogen (secondary N) is 1. The minimum atomic E-state index is -0.177. The van der Waals surface area contributed by atoms with E-state index in [0.29, 0.717) is 11.3 Å². The van der Waals surface area contributed by atoms with Gasteiger partial charge in [0.25, 0.3) is 5.91 Å². The highest BCUT2D eigenvalue weighted by Crippen LogP contribution is 2.30. The van der Waals surface area contributed by atoms with E-state index < -0.39 is 0 Å². The predicted octanol–water partition coefficient (Wildman–Crippen LogP) is 3.84.